The molecular formula is C13H25N3O2. The van der Waals surface area contributed by atoms with Gasteiger partial charge in [-0.05, 0) is 25.8 Å². The van der Waals surface area contributed by atoms with Crippen LogP contribution in [0, 0.1) is 0 Å². The quantitative estimate of drug-likeness (QED) is 0.655. The van der Waals surface area contributed by atoms with Crippen LogP contribution in [0.5, 0.6) is 0 Å². The summed E-state index contributed by atoms with van der Waals surface area (Å²) in [5.41, 5.74) is 5.42. The maximum atomic E-state index is 11.9. The Hall–Kier alpha value is -1.10. The van der Waals surface area contributed by atoms with E-state index in [2.05, 4.69) is 5.32 Å². The number of unbranched alkanes of at least 4 members (excludes halogenated alkanes) is 3. The van der Waals surface area contributed by atoms with E-state index in [1.807, 2.05) is 4.90 Å². The fourth-order valence-corrected chi connectivity index (χ4v) is 2.32. The zero-order valence-corrected chi connectivity index (χ0v) is 11.3. The van der Waals surface area contributed by atoms with E-state index in [0.29, 0.717) is 13.0 Å². The molecule has 0 bridgehead atoms. The van der Waals surface area contributed by atoms with Gasteiger partial charge in [0.15, 0.2) is 0 Å². The van der Waals surface area contributed by atoms with Gasteiger partial charge in [0.1, 0.15) is 0 Å². The number of nitrogens with one attached hydrogen (secondary N) is 1. The monoisotopic (exact) mass is 255 g/mol. The summed E-state index contributed by atoms with van der Waals surface area (Å²) in [6.07, 6.45) is 5.67. The largest absolute Gasteiger partial charge is 0.352 e. The van der Waals surface area contributed by atoms with Gasteiger partial charge in [0.25, 0.3) is 0 Å². The summed E-state index contributed by atoms with van der Waals surface area (Å²) in [6, 6.07) is 0.142. The maximum absolute atomic E-state index is 11.9. The molecule has 1 unspecified atom stereocenters. The summed E-state index contributed by atoms with van der Waals surface area (Å²) >= 11 is 0. The minimum atomic E-state index is -0.0175. The number of amides is 2. The molecule has 1 atom stereocenters. The van der Waals surface area contributed by atoms with Crippen LogP contribution in [0.2, 0.25) is 0 Å². The molecule has 104 valence electrons. The van der Waals surface area contributed by atoms with Crippen molar-refractivity contribution in [2.24, 2.45) is 5.73 Å². The van der Waals surface area contributed by atoms with Gasteiger partial charge in [-0.3, -0.25) is 9.59 Å². The lowest BCUT2D eigenvalue weighted by molar-refractivity contribution is -0.130. The van der Waals surface area contributed by atoms with Crippen molar-refractivity contribution in [3.8, 4) is 0 Å². The zero-order chi connectivity index (χ0) is 13.4. The average molecular weight is 255 g/mol. The highest BCUT2D eigenvalue weighted by Crippen LogP contribution is 2.12. The van der Waals surface area contributed by atoms with E-state index < -0.39 is 0 Å². The van der Waals surface area contributed by atoms with E-state index in [1.54, 1.807) is 0 Å². The molecule has 0 spiro atoms. The summed E-state index contributed by atoms with van der Waals surface area (Å²) in [4.78, 5) is 24.7. The zero-order valence-electron chi connectivity index (χ0n) is 11.3. The molecule has 1 aliphatic rings. The Morgan fingerprint density at radius 3 is 2.67 bits per heavy atom. The van der Waals surface area contributed by atoms with Crippen molar-refractivity contribution in [2.75, 3.05) is 19.6 Å². The SMILES string of the molecule is CC(=O)NC1CCN(C(=O)CCCCCCN)C1. The maximum Gasteiger partial charge on any atom is 0.222 e. The van der Waals surface area contributed by atoms with Crippen molar-refractivity contribution in [2.45, 2.75) is 51.5 Å². The van der Waals surface area contributed by atoms with Gasteiger partial charge in [-0.15, -0.1) is 0 Å². The van der Waals surface area contributed by atoms with Gasteiger partial charge in [-0.1, -0.05) is 12.8 Å². The summed E-state index contributed by atoms with van der Waals surface area (Å²) in [5, 5.41) is 2.86. The summed E-state index contributed by atoms with van der Waals surface area (Å²) in [6.45, 7) is 3.69. The van der Waals surface area contributed by atoms with Crippen LogP contribution in [-0.4, -0.2) is 42.4 Å². The molecule has 0 radical (unpaired) electrons. The highest BCUT2D eigenvalue weighted by molar-refractivity contribution is 5.77. The number of hydrogen-bond acceptors (Lipinski definition) is 3. The van der Waals surface area contributed by atoms with E-state index in [-0.39, 0.29) is 17.9 Å². The Balaban J connectivity index is 2.13. The molecular weight excluding hydrogens is 230 g/mol. The Bertz CT molecular complexity index is 281. The Labute approximate surface area is 109 Å². The van der Waals surface area contributed by atoms with Crippen molar-refractivity contribution in [1.82, 2.24) is 10.2 Å². The van der Waals surface area contributed by atoms with Gasteiger partial charge in [0.05, 0.1) is 0 Å². The van der Waals surface area contributed by atoms with Gasteiger partial charge in [-0.25, -0.2) is 0 Å². The second kappa shape index (κ2) is 8.08. The number of carbonyl (C=O) groups is 2. The van der Waals surface area contributed by atoms with Crippen LogP contribution in [0.15, 0.2) is 0 Å². The molecule has 5 heteroatoms. The molecule has 1 rings (SSSR count). The minimum Gasteiger partial charge on any atom is -0.352 e. The summed E-state index contributed by atoms with van der Waals surface area (Å²) in [5.74, 6) is 0.201. The number of carbonyl (C=O) groups excluding carboxylic acids is 2. The number of likely N-dealkylation sites (tertiary alicyclic amines) is 1. The predicted molar refractivity (Wildman–Crippen MR) is 70.9 cm³/mol. The molecule has 1 heterocycles. The molecule has 0 aromatic rings. The van der Waals surface area contributed by atoms with Crippen LogP contribution in [0.3, 0.4) is 0 Å². The van der Waals surface area contributed by atoms with Crippen LogP contribution < -0.4 is 11.1 Å². The van der Waals surface area contributed by atoms with Crippen LogP contribution in [-0.2, 0) is 9.59 Å². The second-order valence-corrected chi connectivity index (χ2v) is 4.98. The third kappa shape index (κ3) is 5.49. The van der Waals surface area contributed by atoms with Crippen molar-refractivity contribution in [1.29, 1.82) is 0 Å². The standard InChI is InChI=1S/C13H25N3O2/c1-11(17)15-12-7-9-16(10-12)13(18)6-4-2-3-5-8-14/h12H,2-10,14H2,1H3,(H,15,17). The fourth-order valence-electron chi connectivity index (χ4n) is 2.32. The van der Waals surface area contributed by atoms with Crippen LogP contribution >= 0.6 is 0 Å². The van der Waals surface area contributed by atoms with Crippen LogP contribution in [0.25, 0.3) is 0 Å². The first-order chi connectivity index (χ1) is 8.63. The predicted octanol–water partition coefficient (Wildman–Crippen LogP) is 0.633. The third-order valence-corrected chi connectivity index (χ3v) is 3.29. The lowest BCUT2D eigenvalue weighted by Crippen LogP contribution is -2.37. The molecule has 3 N–H and O–H groups in total. The van der Waals surface area contributed by atoms with Crippen molar-refractivity contribution in [3.63, 3.8) is 0 Å². The molecule has 5 nitrogen and oxygen atoms in total. The molecule has 0 aromatic carbocycles. The molecule has 0 aromatic heterocycles. The Morgan fingerprint density at radius 2 is 2.00 bits per heavy atom. The highest BCUT2D eigenvalue weighted by atomic mass is 16.2. The molecule has 0 saturated carbocycles. The van der Waals surface area contributed by atoms with Crippen molar-refractivity contribution in [3.05, 3.63) is 0 Å². The normalized spacial score (nSPS) is 19.0. The third-order valence-electron chi connectivity index (χ3n) is 3.29. The topological polar surface area (TPSA) is 75.4 Å². The summed E-state index contributed by atoms with van der Waals surface area (Å²) in [7, 11) is 0. The number of nitrogens with zero attached hydrogens (tertiary/aromatic N) is 1. The number of rotatable bonds is 7. The molecule has 2 amide bonds. The van der Waals surface area contributed by atoms with E-state index in [1.165, 1.54) is 6.92 Å². The lowest BCUT2D eigenvalue weighted by atomic mass is 10.1. The number of nitrogens with two attached hydrogens (primary N) is 1. The van der Waals surface area contributed by atoms with Gasteiger partial charge in [0.2, 0.25) is 11.8 Å². The van der Waals surface area contributed by atoms with Crippen molar-refractivity contribution < 1.29 is 9.59 Å². The fraction of sp³-hybridized carbons (Fsp3) is 0.846. The molecule has 1 saturated heterocycles. The van der Waals surface area contributed by atoms with Gasteiger partial charge in [-0.2, -0.15) is 0 Å². The molecule has 0 aliphatic carbocycles. The van der Waals surface area contributed by atoms with Crippen molar-refractivity contribution >= 4 is 11.8 Å². The van der Waals surface area contributed by atoms with Crippen LogP contribution in [0.4, 0.5) is 0 Å². The van der Waals surface area contributed by atoms with E-state index >= 15 is 0 Å². The van der Waals surface area contributed by atoms with Gasteiger partial charge in [0, 0.05) is 32.5 Å². The molecule has 1 aliphatic heterocycles. The minimum absolute atomic E-state index is 0.0175. The van der Waals surface area contributed by atoms with Crippen LogP contribution in [0.1, 0.15) is 45.4 Å². The van der Waals surface area contributed by atoms with Gasteiger partial charge < -0.3 is 16.0 Å². The van der Waals surface area contributed by atoms with Gasteiger partial charge >= 0.3 is 0 Å². The average Bonchev–Trinajstić information content (AvgIpc) is 2.76. The smallest absolute Gasteiger partial charge is 0.222 e. The first-order valence-corrected chi connectivity index (χ1v) is 6.88. The first kappa shape index (κ1) is 15.0. The first-order valence-electron chi connectivity index (χ1n) is 6.88. The molecule has 1 fully saturated rings. The van der Waals surface area contributed by atoms with E-state index in [9.17, 15) is 9.59 Å². The Kier molecular flexibility index (Phi) is 6.72. The van der Waals surface area contributed by atoms with E-state index in [4.69, 9.17) is 5.73 Å². The second-order valence-electron chi connectivity index (χ2n) is 4.98. The van der Waals surface area contributed by atoms with E-state index in [0.717, 1.165) is 45.2 Å². The lowest BCUT2D eigenvalue weighted by Gasteiger charge is -2.16. The molecule has 18 heavy (non-hydrogen) atoms. The highest BCUT2D eigenvalue weighted by Gasteiger charge is 2.25. The Morgan fingerprint density at radius 1 is 1.28 bits per heavy atom. The summed E-state index contributed by atoms with van der Waals surface area (Å²) < 4.78 is 0. The number of hydrogen-bond donors (Lipinski definition) is 2.